The summed E-state index contributed by atoms with van der Waals surface area (Å²) in [6, 6.07) is 8.05. The average molecular weight is 460 g/mol. The van der Waals surface area contributed by atoms with Gasteiger partial charge in [0.1, 0.15) is 23.6 Å². The number of benzene rings is 1. The van der Waals surface area contributed by atoms with Crippen molar-refractivity contribution in [1.29, 1.82) is 0 Å². The molecule has 2 amide bonds. The molecule has 13 heteroatoms. The summed E-state index contributed by atoms with van der Waals surface area (Å²) < 4.78 is 35.4. The lowest BCUT2D eigenvalue weighted by atomic mass is 9.85. The Kier molecular flexibility index (Phi) is 6.14. The number of ether oxygens (including phenoxy) is 1. The van der Waals surface area contributed by atoms with E-state index in [1.54, 1.807) is 30.3 Å². The van der Waals surface area contributed by atoms with Crippen LogP contribution in [0.15, 0.2) is 30.3 Å². The van der Waals surface area contributed by atoms with Gasteiger partial charge in [0, 0.05) is 6.42 Å². The van der Waals surface area contributed by atoms with E-state index in [1.165, 1.54) is 0 Å². The first-order chi connectivity index (χ1) is 14.4. The number of hydrogen-bond acceptors (Lipinski definition) is 10. The molecule has 31 heavy (non-hydrogen) atoms. The molecule has 4 rings (SSSR count). The maximum absolute atomic E-state index is 12.7. The maximum Gasteiger partial charge on any atom is 0.279 e. The highest BCUT2D eigenvalue weighted by atomic mass is 32.2. The van der Waals surface area contributed by atoms with Crippen LogP contribution >= 0.6 is 0 Å². The monoisotopic (exact) mass is 460 g/mol. The number of aliphatic hydroxyl groups excluding tert-OH is 2. The number of aliphatic hydroxyl groups is 4. The van der Waals surface area contributed by atoms with Crippen LogP contribution in [-0.2, 0) is 34.4 Å². The van der Waals surface area contributed by atoms with Crippen molar-refractivity contribution in [1.82, 2.24) is 10.6 Å². The number of hydrogen-bond donors (Lipinski definition) is 6. The summed E-state index contributed by atoms with van der Waals surface area (Å²) in [5.41, 5.74) is -7.17. The molecule has 1 aromatic rings. The number of amides is 2. The molecule has 5 atom stereocenters. The van der Waals surface area contributed by atoms with Crippen molar-refractivity contribution in [2.75, 3.05) is 13.2 Å². The highest BCUT2D eigenvalue weighted by Gasteiger charge is 2.65. The van der Waals surface area contributed by atoms with Crippen molar-refractivity contribution in [2.24, 2.45) is 0 Å². The predicted molar refractivity (Wildman–Crippen MR) is 102 cm³/mol. The second-order valence-electron chi connectivity index (χ2n) is 7.74. The minimum absolute atomic E-state index is 0.367. The van der Waals surface area contributed by atoms with E-state index in [4.69, 9.17) is 8.92 Å². The molecule has 1 aromatic carbocycles. The predicted octanol–water partition coefficient (Wildman–Crippen LogP) is -2.94. The topological polar surface area (TPSA) is 192 Å². The van der Waals surface area contributed by atoms with Crippen molar-refractivity contribution in [3.8, 4) is 0 Å². The fraction of sp³-hybridized carbons (Fsp3) is 0.556. The summed E-state index contributed by atoms with van der Waals surface area (Å²) in [7, 11) is -4.30. The largest absolute Gasteiger partial charge is 0.393 e. The Bertz CT molecular complexity index is 953. The van der Waals surface area contributed by atoms with Gasteiger partial charge in [-0.05, 0) is 12.5 Å². The fourth-order valence-corrected chi connectivity index (χ4v) is 4.67. The zero-order valence-electron chi connectivity index (χ0n) is 16.5. The number of nitrogens with one attached hydrogen (secondary N) is 2. The molecule has 3 aliphatic heterocycles. The molecule has 3 saturated heterocycles. The van der Waals surface area contributed by atoms with E-state index in [-0.39, 0.29) is 6.42 Å². The van der Waals surface area contributed by atoms with Crippen molar-refractivity contribution in [2.45, 2.75) is 48.4 Å². The molecule has 0 radical (unpaired) electrons. The zero-order valence-corrected chi connectivity index (χ0v) is 17.3. The van der Waals surface area contributed by atoms with Crippen LogP contribution in [0.3, 0.4) is 0 Å². The van der Waals surface area contributed by atoms with Crippen molar-refractivity contribution in [3.63, 3.8) is 0 Å². The van der Waals surface area contributed by atoms with Gasteiger partial charge in [0.05, 0.1) is 13.2 Å². The third-order valence-corrected chi connectivity index (χ3v) is 6.42. The van der Waals surface area contributed by atoms with Crippen LogP contribution < -0.4 is 10.6 Å². The summed E-state index contributed by atoms with van der Waals surface area (Å²) in [5.74, 6) is -3.12. The first-order valence-corrected chi connectivity index (χ1v) is 10.9. The number of fused-ring (bicyclic) bond motifs is 5. The molecule has 1 unspecified atom stereocenters. The van der Waals surface area contributed by atoms with E-state index < -0.39 is 70.2 Å². The minimum atomic E-state index is -4.30. The third-order valence-electron chi connectivity index (χ3n) is 5.21. The Hall–Kier alpha value is -2.13. The molecule has 3 heterocycles. The van der Waals surface area contributed by atoms with Gasteiger partial charge in [0.2, 0.25) is 5.72 Å². The van der Waals surface area contributed by atoms with Crippen LogP contribution in [0.25, 0.3) is 0 Å². The Morgan fingerprint density at radius 2 is 1.90 bits per heavy atom. The van der Waals surface area contributed by atoms with Gasteiger partial charge in [-0.3, -0.25) is 13.8 Å². The molecule has 0 aromatic heterocycles. The lowest BCUT2D eigenvalue weighted by Crippen LogP contribution is -2.84. The summed E-state index contributed by atoms with van der Waals surface area (Å²) in [6.07, 6.45) is -4.23. The molecule has 12 nitrogen and oxygen atoms in total. The van der Waals surface area contributed by atoms with Crippen molar-refractivity contribution >= 4 is 21.9 Å². The molecule has 3 fully saturated rings. The maximum atomic E-state index is 12.7. The Balaban J connectivity index is 1.87. The Morgan fingerprint density at radius 3 is 2.52 bits per heavy atom. The van der Waals surface area contributed by atoms with Gasteiger partial charge in [-0.2, -0.15) is 8.42 Å². The summed E-state index contributed by atoms with van der Waals surface area (Å²) >= 11 is 0. The third kappa shape index (κ3) is 4.30. The molecule has 3 aliphatic rings. The molecule has 0 spiro atoms. The normalized spacial score (nSPS) is 31.7. The van der Waals surface area contributed by atoms with Crippen LogP contribution in [0.4, 0.5) is 0 Å². The summed E-state index contributed by atoms with van der Waals surface area (Å²) in [5, 5.41) is 44.7. The highest BCUT2D eigenvalue weighted by Crippen LogP contribution is 2.33. The molecular weight excluding hydrogens is 436 g/mol. The first kappa shape index (κ1) is 23.5. The van der Waals surface area contributed by atoms with Crippen LogP contribution in [0, 0.1) is 0 Å². The lowest BCUT2D eigenvalue weighted by molar-refractivity contribution is -0.243. The van der Waals surface area contributed by atoms with Crippen LogP contribution in [0.1, 0.15) is 18.9 Å². The molecular formula is C18H24N2O10S. The zero-order chi connectivity index (χ0) is 23.1. The van der Waals surface area contributed by atoms with Gasteiger partial charge < -0.3 is 35.8 Å². The van der Waals surface area contributed by atoms with Crippen LogP contribution in [-0.4, -0.2) is 83.1 Å². The molecule has 2 bridgehead atoms. The number of carbonyl (C=O) groups is 2. The molecule has 6 N–H and O–H groups in total. The van der Waals surface area contributed by atoms with Crippen LogP contribution in [0.5, 0.6) is 0 Å². The SMILES string of the molecule is C[C@](O)(CO)[C@H](O)[C@@]12NC(=O)[C@@](O)(NC1=O)C(OS(=O)(=O)Cc1ccccc1)CCO2. The fourth-order valence-electron chi connectivity index (χ4n) is 3.41. The number of rotatable bonds is 7. The Morgan fingerprint density at radius 1 is 1.26 bits per heavy atom. The van der Waals surface area contributed by atoms with E-state index in [0.29, 0.717) is 5.56 Å². The van der Waals surface area contributed by atoms with Crippen molar-refractivity contribution < 1.29 is 47.4 Å². The molecule has 0 aliphatic carbocycles. The summed E-state index contributed by atoms with van der Waals surface area (Å²) in [4.78, 5) is 25.4. The smallest absolute Gasteiger partial charge is 0.279 e. The van der Waals surface area contributed by atoms with Crippen molar-refractivity contribution in [3.05, 3.63) is 35.9 Å². The van der Waals surface area contributed by atoms with E-state index in [9.17, 15) is 38.4 Å². The summed E-state index contributed by atoms with van der Waals surface area (Å²) in [6.45, 7) is -0.410. The van der Waals surface area contributed by atoms with Crippen LogP contribution in [0.2, 0.25) is 0 Å². The van der Waals surface area contributed by atoms with E-state index >= 15 is 0 Å². The van der Waals surface area contributed by atoms with Gasteiger partial charge in [0.25, 0.3) is 27.7 Å². The number of piperazine rings is 1. The van der Waals surface area contributed by atoms with Gasteiger partial charge >= 0.3 is 0 Å². The average Bonchev–Trinajstić information content (AvgIpc) is 2.69. The van der Waals surface area contributed by atoms with E-state index in [0.717, 1.165) is 6.92 Å². The standard InChI is InChI=1S/C18H24N2O10S/c1-16(25,10-21)13(22)18-15(24)19-17(26,14(23)20-18)12(7-8-29-18)30-31(27,28)9-11-5-3-2-4-6-11/h2-6,12-13,21-22,25-26H,7-10H2,1H3,(H,19,24)(H,20,23)/t12?,13-,16-,17+,18-/m0/s1. The van der Waals surface area contributed by atoms with E-state index in [2.05, 4.69) is 0 Å². The van der Waals surface area contributed by atoms with E-state index in [1.807, 2.05) is 10.6 Å². The second kappa shape index (κ2) is 8.09. The molecule has 0 saturated carbocycles. The number of carbonyl (C=O) groups excluding carboxylic acids is 2. The first-order valence-electron chi connectivity index (χ1n) is 9.34. The Labute approximate surface area is 177 Å². The lowest BCUT2D eigenvalue weighted by Gasteiger charge is -2.50. The minimum Gasteiger partial charge on any atom is -0.393 e. The van der Waals surface area contributed by atoms with Gasteiger partial charge in [-0.1, -0.05) is 30.3 Å². The highest BCUT2D eigenvalue weighted by molar-refractivity contribution is 7.85. The van der Waals surface area contributed by atoms with Gasteiger partial charge in [0.15, 0.2) is 0 Å². The molecule has 172 valence electrons. The quantitative estimate of drug-likeness (QED) is 0.229. The van der Waals surface area contributed by atoms with Gasteiger partial charge in [-0.15, -0.1) is 0 Å². The van der Waals surface area contributed by atoms with Gasteiger partial charge in [-0.25, -0.2) is 0 Å². The second-order valence-corrected chi connectivity index (χ2v) is 9.33.